The van der Waals surface area contributed by atoms with Gasteiger partial charge >= 0.3 is 11.7 Å². The fraction of sp³-hybridized carbons (Fsp3) is 0.643. The SMILES string of the molecule is CC(C)(C)[C@]1(C)NC(=O)N(C[C@@H](O)Cn2cc([N+](=O)[O-])cn2)C1=O. The molecule has 0 unspecified atom stereocenters. The molecule has 10 nitrogen and oxygen atoms in total. The van der Waals surface area contributed by atoms with Crippen LogP contribution in [-0.2, 0) is 11.3 Å². The number of nitro groups is 1. The smallest absolute Gasteiger partial charge is 0.325 e. The molecular formula is C14H21N5O5. The average molecular weight is 339 g/mol. The van der Waals surface area contributed by atoms with Crippen LogP contribution in [0.25, 0.3) is 0 Å². The van der Waals surface area contributed by atoms with Gasteiger partial charge in [0.1, 0.15) is 17.9 Å². The van der Waals surface area contributed by atoms with Gasteiger partial charge in [0.15, 0.2) is 0 Å². The molecule has 2 rings (SSSR count). The van der Waals surface area contributed by atoms with Gasteiger partial charge in [-0.25, -0.2) is 4.79 Å². The maximum atomic E-state index is 12.6. The van der Waals surface area contributed by atoms with E-state index in [-0.39, 0.29) is 18.8 Å². The first-order valence-corrected chi connectivity index (χ1v) is 7.45. The minimum Gasteiger partial charge on any atom is -0.389 e. The lowest BCUT2D eigenvalue weighted by Crippen LogP contribution is -2.54. The Bertz CT molecular complexity index is 679. The summed E-state index contributed by atoms with van der Waals surface area (Å²) in [5.41, 5.74) is -1.76. The highest BCUT2D eigenvalue weighted by atomic mass is 16.6. The summed E-state index contributed by atoms with van der Waals surface area (Å²) in [6.07, 6.45) is 1.15. The average Bonchev–Trinajstić information content (AvgIpc) is 2.98. The molecule has 10 heteroatoms. The van der Waals surface area contributed by atoms with E-state index < -0.39 is 33.9 Å². The van der Waals surface area contributed by atoms with Gasteiger partial charge in [0, 0.05) is 0 Å². The second kappa shape index (κ2) is 5.86. The second-order valence-electron chi connectivity index (χ2n) is 7.05. The lowest BCUT2D eigenvalue weighted by molar-refractivity contribution is -0.385. The summed E-state index contributed by atoms with van der Waals surface area (Å²) < 4.78 is 1.20. The Kier molecular flexibility index (Phi) is 4.36. The van der Waals surface area contributed by atoms with Crippen molar-refractivity contribution in [2.24, 2.45) is 5.41 Å². The maximum absolute atomic E-state index is 12.6. The summed E-state index contributed by atoms with van der Waals surface area (Å²) >= 11 is 0. The normalized spacial score (nSPS) is 22.6. The van der Waals surface area contributed by atoms with Crippen molar-refractivity contribution in [1.29, 1.82) is 0 Å². The number of hydrogen-bond donors (Lipinski definition) is 2. The van der Waals surface area contributed by atoms with Crippen molar-refractivity contribution in [2.45, 2.75) is 45.9 Å². The highest BCUT2D eigenvalue weighted by Gasteiger charge is 2.54. The van der Waals surface area contributed by atoms with E-state index >= 15 is 0 Å². The number of carbonyl (C=O) groups is 2. The van der Waals surface area contributed by atoms with Crippen molar-refractivity contribution >= 4 is 17.6 Å². The van der Waals surface area contributed by atoms with Crippen LogP contribution in [0.1, 0.15) is 27.7 Å². The van der Waals surface area contributed by atoms with Crippen molar-refractivity contribution in [2.75, 3.05) is 6.54 Å². The van der Waals surface area contributed by atoms with Crippen molar-refractivity contribution in [3.05, 3.63) is 22.5 Å². The van der Waals surface area contributed by atoms with Gasteiger partial charge in [-0.2, -0.15) is 5.10 Å². The van der Waals surface area contributed by atoms with Gasteiger partial charge in [-0.15, -0.1) is 0 Å². The molecule has 2 N–H and O–H groups in total. The molecule has 0 saturated carbocycles. The minimum atomic E-state index is -1.10. The zero-order valence-electron chi connectivity index (χ0n) is 14.0. The molecule has 132 valence electrons. The lowest BCUT2D eigenvalue weighted by atomic mass is 9.75. The third-order valence-electron chi connectivity index (χ3n) is 4.40. The largest absolute Gasteiger partial charge is 0.389 e. The number of imide groups is 1. The number of hydrogen-bond acceptors (Lipinski definition) is 6. The molecule has 0 aliphatic carbocycles. The second-order valence-corrected chi connectivity index (χ2v) is 7.05. The number of nitrogens with one attached hydrogen (secondary N) is 1. The van der Waals surface area contributed by atoms with Crippen LogP contribution in [0.3, 0.4) is 0 Å². The highest BCUT2D eigenvalue weighted by Crippen LogP contribution is 2.35. The molecule has 1 aliphatic rings. The first kappa shape index (κ1) is 17.9. The van der Waals surface area contributed by atoms with E-state index in [0.717, 1.165) is 11.1 Å². The van der Waals surface area contributed by atoms with Crippen LogP contribution in [0.2, 0.25) is 0 Å². The fourth-order valence-corrected chi connectivity index (χ4v) is 2.40. The Morgan fingerprint density at radius 2 is 2.04 bits per heavy atom. The summed E-state index contributed by atoms with van der Waals surface area (Å²) in [5, 5.41) is 27.2. The van der Waals surface area contributed by atoms with E-state index in [1.807, 2.05) is 20.8 Å². The van der Waals surface area contributed by atoms with Gasteiger partial charge in [-0.05, 0) is 12.3 Å². The van der Waals surface area contributed by atoms with Gasteiger partial charge in [0.25, 0.3) is 5.91 Å². The predicted molar refractivity (Wildman–Crippen MR) is 83.0 cm³/mol. The van der Waals surface area contributed by atoms with E-state index in [4.69, 9.17) is 0 Å². The van der Waals surface area contributed by atoms with Gasteiger partial charge in [-0.1, -0.05) is 20.8 Å². The van der Waals surface area contributed by atoms with Crippen LogP contribution in [0.15, 0.2) is 12.4 Å². The summed E-state index contributed by atoms with van der Waals surface area (Å²) in [4.78, 5) is 35.7. The van der Waals surface area contributed by atoms with Crippen LogP contribution in [-0.4, -0.2) is 54.8 Å². The first-order valence-electron chi connectivity index (χ1n) is 7.45. The van der Waals surface area contributed by atoms with Gasteiger partial charge in [0.05, 0.1) is 24.1 Å². The fourth-order valence-electron chi connectivity index (χ4n) is 2.40. The van der Waals surface area contributed by atoms with E-state index in [9.17, 15) is 24.8 Å². The van der Waals surface area contributed by atoms with Crippen LogP contribution in [0, 0.1) is 15.5 Å². The van der Waals surface area contributed by atoms with Crippen LogP contribution < -0.4 is 5.32 Å². The molecule has 1 aromatic rings. The van der Waals surface area contributed by atoms with Crippen molar-refractivity contribution < 1.29 is 19.6 Å². The maximum Gasteiger partial charge on any atom is 0.325 e. The van der Waals surface area contributed by atoms with Crippen LogP contribution >= 0.6 is 0 Å². The number of aliphatic hydroxyl groups is 1. The molecule has 0 radical (unpaired) electrons. The molecule has 1 aromatic heterocycles. The Morgan fingerprint density at radius 3 is 2.50 bits per heavy atom. The van der Waals surface area contributed by atoms with Crippen molar-refractivity contribution in [3.8, 4) is 0 Å². The number of β-amino-alcohol motifs (C(OH)–C–C–N with tert-alkyl or cyclic N) is 1. The molecule has 0 aromatic carbocycles. The molecule has 0 bridgehead atoms. The third-order valence-corrected chi connectivity index (χ3v) is 4.40. The zero-order valence-corrected chi connectivity index (χ0v) is 14.0. The number of urea groups is 1. The Morgan fingerprint density at radius 1 is 1.42 bits per heavy atom. The number of carbonyl (C=O) groups excluding carboxylic acids is 2. The van der Waals surface area contributed by atoms with Crippen molar-refractivity contribution in [1.82, 2.24) is 20.0 Å². The number of nitrogens with zero attached hydrogens (tertiary/aromatic N) is 4. The molecule has 1 aliphatic heterocycles. The summed E-state index contributed by atoms with van der Waals surface area (Å²) in [5.74, 6) is -0.412. The summed E-state index contributed by atoms with van der Waals surface area (Å²) in [6.45, 7) is 6.88. The molecular weight excluding hydrogens is 318 g/mol. The monoisotopic (exact) mass is 339 g/mol. The molecule has 24 heavy (non-hydrogen) atoms. The van der Waals surface area contributed by atoms with E-state index in [1.54, 1.807) is 6.92 Å². The molecule has 0 spiro atoms. The standard InChI is InChI=1S/C14H21N5O5/c1-13(2,3)14(4)11(21)18(12(22)16-14)8-10(20)7-17-6-9(5-15-17)19(23)24/h5-6,10,20H,7-8H2,1-4H3,(H,16,22)/t10-,14+/m0/s1. The van der Waals surface area contributed by atoms with Crippen molar-refractivity contribution in [3.63, 3.8) is 0 Å². The molecule has 3 amide bonds. The van der Waals surface area contributed by atoms with Crippen LogP contribution in [0.4, 0.5) is 10.5 Å². The lowest BCUT2D eigenvalue weighted by Gasteiger charge is -2.35. The van der Waals surface area contributed by atoms with Gasteiger partial charge in [-0.3, -0.25) is 24.5 Å². The number of amides is 3. The van der Waals surface area contributed by atoms with E-state index in [0.29, 0.717) is 0 Å². The number of rotatable bonds is 5. The summed E-state index contributed by atoms with van der Waals surface area (Å²) in [6, 6.07) is -0.567. The minimum absolute atomic E-state index is 0.0723. The van der Waals surface area contributed by atoms with Crippen LogP contribution in [0.5, 0.6) is 0 Å². The highest BCUT2D eigenvalue weighted by molar-refractivity contribution is 6.07. The summed E-state index contributed by atoms with van der Waals surface area (Å²) in [7, 11) is 0. The van der Waals surface area contributed by atoms with Gasteiger partial charge in [0.2, 0.25) is 0 Å². The Labute approximate surface area is 138 Å². The molecule has 1 saturated heterocycles. The third kappa shape index (κ3) is 3.09. The van der Waals surface area contributed by atoms with Gasteiger partial charge < -0.3 is 10.4 Å². The topological polar surface area (TPSA) is 131 Å². The Hall–Kier alpha value is -2.49. The molecule has 2 heterocycles. The quantitative estimate of drug-likeness (QED) is 0.456. The van der Waals surface area contributed by atoms with E-state index in [2.05, 4.69) is 10.4 Å². The number of aliphatic hydroxyl groups excluding tert-OH is 1. The number of aromatic nitrogens is 2. The zero-order chi connectivity index (χ0) is 18.3. The predicted octanol–water partition coefficient (Wildman–Crippen LogP) is 0.509. The Balaban J connectivity index is 2.06. The first-order chi connectivity index (χ1) is 11.0. The molecule has 2 atom stereocenters. The molecule has 1 fully saturated rings. The van der Waals surface area contributed by atoms with E-state index in [1.165, 1.54) is 10.9 Å².